The molecule has 1 heterocycles. The van der Waals surface area contributed by atoms with Gasteiger partial charge >= 0.3 is 0 Å². The van der Waals surface area contributed by atoms with Gasteiger partial charge in [-0.05, 0) is 49.7 Å². The third kappa shape index (κ3) is 4.49. The van der Waals surface area contributed by atoms with Crippen molar-refractivity contribution in [3.63, 3.8) is 0 Å². The fraction of sp³-hybridized carbons (Fsp3) is 0.222. The van der Waals surface area contributed by atoms with Crippen LogP contribution in [0.1, 0.15) is 12.5 Å². The third-order valence-electron chi connectivity index (χ3n) is 3.96. The van der Waals surface area contributed by atoms with Crippen LogP contribution >= 0.6 is 11.8 Å². The Balaban J connectivity index is 1.78. The molecule has 7 nitrogen and oxygen atoms in total. The monoisotopic (exact) mass is 404 g/mol. The molecule has 2 aromatic carbocycles. The summed E-state index contributed by atoms with van der Waals surface area (Å²) in [5, 5.41) is 8.70. The van der Waals surface area contributed by atoms with Gasteiger partial charge in [-0.25, -0.2) is 18.5 Å². The van der Waals surface area contributed by atoms with Gasteiger partial charge in [-0.3, -0.25) is 4.79 Å². The lowest BCUT2D eigenvalue weighted by Crippen LogP contribution is -2.14. The first kappa shape index (κ1) is 19.4. The van der Waals surface area contributed by atoms with Gasteiger partial charge in [0.05, 0.1) is 21.7 Å². The van der Waals surface area contributed by atoms with Crippen molar-refractivity contribution >= 4 is 44.4 Å². The molecule has 0 aliphatic rings. The van der Waals surface area contributed by atoms with Gasteiger partial charge in [0.2, 0.25) is 15.9 Å². The fourth-order valence-electron chi connectivity index (χ4n) is 2.73. The number of carbonyl (C=O) groups excluding carboxylic acids is 1. The molecule has 0 atom stereocenters. The summed E-state index contributed by atoms with van der Waals surface area (Å²) < 4.78 is 25.0. The van der Waals surface area contributed by atoms with E-state index in [1.54, 1.807) is 6.07 Å². The number of primary sulfonamides is 1. The molecular weight excluding hydrogens is 384 g/mol. The van der Waals surface area contributed by atoms with Gasteiger partial charge in [0, 0.05) is 12.2 Å². The molecule has 0 aliphatic carbocycles. The number of fused-ring (bicyclic) bond motifs is 1. The normalized spacial score (nSPS) is 11.7. The Kier molecular flexibility index (Phi) is 5.54. The van der Waals surface area contributed by atoms with Crippen LogP contribution < -0.4 is 10.5 Å². The van der Waals surface area contributed by atoms with E-state index in [9.17, 15) is 13.2 Å². The number of anilines is 1. The highest BCUT2D eigenvalue weighted by Gasteiger charge is 2.15. The number of benzene rings is 2. The SMILES string of the molecule is CCn1c(SCC(=O)Nc2cccc(C)c2)nc2cc(S(N)(=O)=O)ccc21. The number of rotatable bonds is 6. The van der Waals surface area contributed by atoms with Crippen molar-refractivity contribution in [3.8, 4) is 0 Å². The molecule has 27 heavy (non-hydrogen) atoms. The standard InChI is InChI=1S/C18H20N4O3S2/c1-3-22-16-8-7-14(27(19,24)25)10-15(16)21-18(22)26-11-17(23)20-13-6-4-5-12(2)9-13/h4-10H,3,11H2,1-2H3,(H,20,23)(H2,19,24,25). The second-order valence-electron chi connectivity index (χ2n) is 6.04. The number of nitrogens with one attached hydrogen (secondary N) is 1. The van der Waals surface area contributed by atoms with Crippen molar-refractivity contribution in [2.75, 3.05) is 11.1 Å². The number of nitrogens with two attached hydrogens (primary N) is 1. The van der Waals surface area contributed by atoms with Crippen LogP contribution in [0.5, 0.6) is 0 Å². The van der Waals surface area contributed by atoms with Gasteiger partial charge in [-0.1, -0.05) is 23.9 Å². The second kappa shape index (κ2) is 7.71. The van der Waals surface area contributed by atoms with Crippen LogP contribution in [-0.4, -0.2) is 29.6 Å². The first-order valence-electron chi connectivity index (χ1n) is 8.30. The molecule has 9 heteroatoms. The van der Waals surface area contributed by atoms with Crippen molar-refractivity contribution < 1.29 is 13.2 Å². The van der Waals surface area contributed by atoms with E-state index in [0.717, 1.165) is 16.8 Å². The van der Waals surface area contributed by atoms with Crippen LogP contribution in [0.4, 0.5) is 5.69 Å². The molecule has 3 rings (SSSR count). The maximum Gasteiger partial charge on any atom is 0.238 e. The highest BCUT2D eigenvalue weighted by molar-refractivity contribution is 7.99. The van der Waals surface area contributed by atoms with Crippen LogP contribution in [0.3, 0.4) is 0 Å². The van der Waals surface area contributed by atoms with Crippen molar-refractivity contribution in [3.05, 3.63) is 48.0 Å². The van der Waals surface area contributed by atoms with E-state index >= 15 is 0 Å². The lowest BCUT2D eigenvalue weighted by atomic mass is 10.2. The average Bonchev–Trinajstić information content (AvgIpc) is 2.96. The molecule has 3 aromatic rings. The van der Waals surface area contributed by atoms with E-state index in [0.29, 0.717) is 17.2 Å². The van der Waals surface area contributed by atoms with E-state index in [-0.39, 0.29) is 16.6 Å². The number of carbonyl (C=O) groups is 1. The minimum absolute atomic E-state index is 0.0180. The van der Waals surface area contributed by atoms with Crippen LogP contribution in [0.2, 0.25) is 0 Å². The quantitative estimate of drug-likeness (QED) is 0.614. The molecule has 142 valence electrons. The Labute approximate surface area is 162 Å². The molecular formula is C18H20N4O3S2. The van der Waals surface area contributed by atoms with E-state index in [1.807, 2.05) is 42.7 Å². The molecule has 1 aromatic heterocycles. The molecule has 0 unspecified atom stereocenters. The third-order valence-corrected chi connectivity index (χ3v) is 5.85. The van der Waals surface area contributed by atoms with Gasteiger partial charge in [0.1, 0.15) is 0 Å². The number of thioether (sulfide) groups is 1. The zero-order valence-corrected chi connectivity index (χ0v) is 16.6. The van der Waals surface area contributed by atoms with Gasteiger partial charge < -0.3 is 9.88 Å². The van der Waals surface area contributed by atoms with Gasteiger partial charge in [-0.15, -0.1) is 0 Å². The van der Waals surface area contributed by atoms with Gasteiger partial charge in [-0.2, -0.15) is 0 Å². The largest absolute Gasteiger partial charge is 0.325 e. The van der Waals surface area contributed by atoms with Crippen LogP contribution in [0, 0.1) is 6.92 Å². The zero-order valence-electron chi connectivity index (χ0n) is 15.0. The molecule has 0 saturated heterocycles. The smallest absolute Gasteiger partial charge is 0.238 e. The first-order chi connectivity index (χ1) is 12.8. The molecule has 0 spiro atoms. The maximum atomic E-state index is 12.2. The number of amides is 1. The molecule has 0 radical (unpaired) electrons. The summed E-state index contributed by atoms with van der Waals surface area (Å²) in [5.41, 5.74) is 3.15. The van der Waals surface area contributed by atoms with Crippen molar-refractivity contribution in [1.29, 1.82) is 0 Å². The lowest BCUT2D eigenvalue weighted by molar-refractivity contribution is -0.113. The highest BCUT2D eigenvalue weighted by atomic mass is 32.2. The van der Waals surface area contributed by atoms with E-state index < -0.39 is 10.0 Å². The van der Waals surface area contributed by atoms with E-state index in [4.69, 9.17) is 5.14 Å². The first-order valence-corrected chi connectivity index (χ1v) is 10.8. The maximum absolute atomic E-state index is 12.2. The minimum atomic E-state index is -3.79. The summed E-state index contributed by atoms with van der Waals surface area (Å²) in [7, 11) is -3.79. The van der Waals surface area contributed by atoms with Crippen molar-refractivity contribution in [2.24, 2.45) is 5.14 Å². The number of aromatic nitrogens is 2. The number of nitrogens with zero attached hydrogens (tertiary/aromatic N) is 2. The Morgan fingerprint density at radius 1 is 1.26 bits per heavy atom. The number of hydrogen-bond acceptors (Lipinski definition) is 5. The second-order valence-corrected chi connectivity index (χ2v) is 8.54. The summed E-state index contributed by atoms with van der Waals surface area (Å²) in [4.78, 5) is 16.7. The molecule has 1 amide bonds. The lowest BCUT2D eigenvalue weighted by Gasteiger charge is -2.07. The van der Waals surface area contributed by atoms with Crippen LogP contribution in [0.15, 0.2) is 52.5 Å². The van der Waals surface area contributed by atoms with Crippen molar-refractivity contribution in [2.45, 2.75) is 30.4 Å². The topological polar surface area (TPSA) is 107 Å². The molecule has 0 saturated carbocycles. The Hall–Kier alpha value is -2.36. The summed E-state index contributed by atoms with van der Waals surface area (Å²) in [6.07, 6.45) is 0. The molecule has 0 bridgehead atoms. The minimum Gasteiger partial charge on any atom is -0.325 e. The Bertz CT molecular complexity index is 1110. The number of hydrogen-bond donors (Lipinski definition) is 2. The summed E-state index contributed by atoms with van der Waals surface area (Å²) in [6, 6.07) is 12.2. The van der Waals surface area contributed by atoms with Gasteiger partial charge in [0.15, 0.2) is 5.16 Å². The highest BCUT2D eigenvalue weighted by Crippen LogP contribution is 2.26. The van der Waals surface area contributed by atoms with E-state index in [1.165, 1.54) is 23.9 Å². The summed E-state index contributed by atoms with van der Waals surface area (Å²) >= 11 is 1.30. The fourth-order valence-corrected chi connectivity index (χ4v) is 4.14. The summed E-state index contributed by atoms with van der Waals surface area (Å²) in [5.74, 6) is 0.0600. The Morgan fingerprint density at radius 2 is 2.04 bits per heavy atom. The van der Waals surface area contributed by atoms with Crippen molar-refractivity contribution in [1.82, 2.24) is 9.55 Å². The predicted molar refractivity (Wildman–Crippen MR) is 107 cm³/mol. The summed E-state index contributed by atoms with van der Waals surface area (Å²) in [6.45, 7) is 4.57. The van der Waals surface area contributed by atoms with Crippen LogP contribution in [-0.2, 0) is 21.4 Å². The molecule has 0 aliphatic heterocycles. The molecule has 3 N–H and O–H groups in total. The number of sulfonamides is 1. The van der Waals surface area contributed by atoms with E-state index in [2.05, 4.69) is 10.3 Å². The van der Waals surface area contributed by atoms with Gasteiger partial charge in [0.25, 0.3) is 0 Å². The molecule has 0 fully saturated rings. The number of aryl methyl sites for hydroxylation is 2. The zero-order chi connectivity index (χ0) is 19.6. The average molecular weight is 405 g/mol. The predicted octanol–water partition coefficient (Wildman–Crippen LogP) is 2.74. The van der Waals surface area contributed by atoms with Crippen LogP contribution in [0.25, 0.3) is 11.0 Å². The number of imidazole rings is 1. The Morgan fingerprint density at radius 3 is 2.70 bits per heavy atom.